The van der Waals surface area contributed by atoms with Crippen molar-refractivity contribution in [2.45, 2.75) is 55.6 Å². The van der Waals surface area contributed by atoms with Gasteiger partial charge in [0.1, 0.15) is 17.7 Å². The van der Waals surface area contributed by atoms with Crippen molar-refractivity contribution in [2.75, 3.05) is 13.2 Å². The first kappa shape index (κ1) is 14.7. The van der Waals surface area contributed by atoms with Gasteiger partial charge in [-0.2, -0.15) is 0 Å². The quantitative estimate of drug-likeness (QED) is 0.499. The van der Waals surface area contributed by atoms with Gasteiger partial charge in [-0.05, 0) is 12.8 Å². The summed E-state index contributed by atoms with van der Waals surface area (Å²) in [6.45, 7) is 0.145. The molecule has 0 unspecified atom stereocenters. The molecule has 5 N–H and O–H groups in total. The van der Waals surface area contributed by atoms with E-state index in [9.17, 15) is 15.0 Å². The number of aliphatic hydroxyl groups is 2. The van der Waals surface area contributed by atoms with E-state index in [1.165, 1.54) is 0 Å². The number of hydrogen-bond donors (Lipinski definition) is 4. The molecule has 2 rings (SSSR count). The maximum Gasteiger partial charge on any atom is 0.320 e. The van der Waals surface area contributed by atoms with Gasteiger partial charge in [0.15, 0.2) is 0 Å². The molecule has 2 fully saturated rings. The molecule has 0 bridgehead atoms. The van der Waals surface area contributed by atoms with Crippen molar-refractivity contribution in [3.05, 3.63) is 0 Å². The van der Waals surface area contributed by atoms with E-state index in [2.05, 4.69) is 0 Å². The van der Waals surface area contributed by atoms with E-state index in [0.29, 0.717) is 13.0 Å². The Morgan fingerprint density at radius 1 is 1.47 bits per heavy atom. The molecular weight excluding hydrogens is 254 g/mol. The fraction of sp³-hybridized carbons (Fsp3) is 0.917. The van der Waals surface area contributed by atoms with Crippen molar-refractivity contribution < 1.29 is 29.6 Å². The van der Waals surface area contributed by atoms with Gasteiger partial charge in [0.2, 0.25) is 0 Å². The summed E-state index contributed by atoms with van der Waals surface area (Å²) in [5, 5.41) is 28.1. The Hall–Kier alpha value is -0.730. The van der Waals surface area contributed by atoms with E-state index in [4.69, 9.17) is 20.3 Å². The molecule has 0 aliphatic carbocycles. The minimum Gasteiger partial charge on any atom is -0.480 e. The van der Waals surface area contributed by atoms with Crippen molar-refractivity contribution in [1.82, 2.24) is 0 Å². The van der Waals surface area contributed by atoms with Crippen LogP contribution in [0.25, 0.3) is 0 Å². The minimum absolute atomic E-state index is 0.0412. The third-order valence-corrected chi connectivity index (χ3v) is 3.98. The molecule has 0 aromatic rings. The average molecular weight is 275 g/mol. The normalized spacial score (nSPS) is 37.6. The van der Waals surface area contributed by atoms with Gasteiger partial charge in [-0.1, -0.05) is 0 Å². The van der Waals surface area contributed by atoms with Crippen LogP contribution in [0.3, 0.4) is 0 Å². The second-order valence-electron chi connectivity index (χ2n) is 5.32. The number of carboxylic acid groups (broad SMARTS) is 1. The topological polar surface area (TPSA) is 122 Å². The highest BCUT2D eigenvalue weighted by Crippen LogP contribution is 2.41. The Balaban J connectivity index is 2.14. The Labute approximate surface area is 111 Å². The number of nitrogens with two attached hydrogens (primary N) is 1. The zero-order valence-electron chi connectivity index (χ0n) is 10.7. The lowest BCUT2D eigenvalue weighted by Gasteiger charge is -2.34. The van der Waals surface area contributed by atoms with Crippen LogP contribution >= 0.6 is 0 Å². The maximum absolute atomic E-state index is 10.9. The number of carbonyl (C=O) groups is 1. The predicted molar refractivity (Wildman–Crippen MR) is 64.5 cm³/mol. The van der Waals surface area contributed by atoms with E-state index in [0.717, 1.165) is 12.8 Å². The Kier molecular flexibility index (Phi) is 4.42. The molecule has 7 nitrogen and oxygen atoms in total. The molecule has 0 spiro atoms. The molecule has 7 heteroatoms. The van der Waals surface area contributed by atoms with Gasteiger partial charge in [-0.15, -0.1) is 0 Å². The summed E-state index contributed by atoms with van der Waals surface area (Å²) in [5.74, 6) is -1.15. The van der Waals surface area contributed by atoms with Crippen LogP contribution in [-0.4, -0.2) is 64.5 Å². The highest BCUT2D eigenvalue weighted by molar-refractivity contribution is 5.73. The molecule has 0 aromatic heterocycles. The molecule has 0 amide bonds. The zero-order chi connectivity index (χ0) is 14.0. The number of carboxylic acids is 1. The molecule has 2 saturated heterocycles. The third-order valence-electron chi connectivity index (χ3n) is 3.98. The second-order valence-corrected chi connectivity index (χ2v) is 5.32. The van der Waals surface area contributed by atoms with E-state index in [-0.39, 0.29) is 18.6 Å². The van der Waals surface area contributed by atoms with Crippen LogP contribution in [0.5, 0.6) is 0 Å². The third kappa shape index (κ3) is 2.90. The van der Waals surface area contributed by atoms with E-state index >= 15 is 0 Å². The molecule has 2 heterocycles. The SMILES string of the molecule is N[C@@H](C[C@]1([C@@H](O)CO)C[C@H]2OCCC[C@H]2O1)C(=O)O. The minimum atomic E-state index is -1.16. The Morgan fingerprint density at radius 2 is 2.21 bits per heavy atom. The summed E-state index contributed by atoms with van der Waals surface area (Å²) in [5.41, 5.74) is 4.42. The first-order valence-electron chi connectivity index (χ1n) is 6.55. The Morgan fingerprint density at radius 3 is 2.79 bits per heavy atom. The van der Waals surface area contributed by atoms with Crippen LogP contribution in [0, 0.1) is 0 Å². The lowest BCUT2D eigenvalue weighted by Crippen LogP contribution is -2.50. The first-order chi connectivity index (χ1) is 8.98. The van der Waals surface area contributed by atoms with Gasteiger partial charge in [0.25, 0.3) is 0 Å². The summed E-state index contributed by atoms with van der Waals surface area (Å²) in [4.78, 5) is 10.9. The van der Waals surface area contributed by atoms with E-state index < -0.39 is 30.3 Å². The largest absolute Gasteiger partial charge is 0.480 e. The Bertz CT molecular complexity index is 322. The van der Waals surface area contributed by atoms with Gasteiger partial charge in [-0.25, -0.2) is 0 Å². The van der Waals surface area contributed by atoms with Crippen LogP contribution in [0.1, 0.15) is 25.7 Å². The zero-order valence-corrected chi connectivity index (χ0v) is 10.7. The maximum atomic E-state index is 10.9. The van der Waals surface area contributed by atoms with Gasteiger partial charge in [0, 0.05) is 19.4 Å². The molecule has 2 aliphatic rings. The van der Waals surface area contributed by atoms with Crippen LogP contribution < -0.4 is 5.73 Å². The van der Waals surface area contributed by atoms with Gasteiger partial charge in [-0.3, -0.25) is 4.79 Å². The van der Waals surface area contributed by atoms with Gasteiger partial charge < -0.3 is 30.5 Å². The van der Waals surface area contributed by atoms with Crippen molar-refractivity contribution in [1.29, 1.82) is 0 Å². The van der Waals surface area contributed by atoms with E-state index in [1.807, 2.05) is 0 Å². The average Bonchev–Trinajstić information content (AvgIpc) is 2.76. The fourth-order valence-electron chi connectivity index (χ4n) is 2.94. The molecule has 0 radical (unpaired) electrons. The van der Waals surface area contributed by atoms with E-state index in [1.54, 1.807) is 0 Å². The molecule has 19 heavy (non-hydrogen) atoms. The monoisotopic (exact) mass is 275 g/mol. The summed E-state index contributed by atoms with van der Waals surface area (Å²) in [7, 11) is 0. The first-order valence-corrected chi connectivity index (χ1v) is 6.55. The van der Waals surface area contributed by atoms with Gasteiger partial charge >= 0.3 is 5.97 Å². The lowest BCUT2D eigenvalue weighted by atomic mass is 9.85. The lowest BCUT2D eigenvalue weighted by molar-refractivity contribution is -0.155. The number of hydrogen-bond acceptors (Lipinski definition) is 6. The molecule has 110 valence electrons. The second kappa shape index (κ2) is 5.72. The molecule has 5 atom stereocenters. The van der Waals surface area contributed by atoms with Crippen molar-refractivity contribution >= 4 is 5.97 Å². The summed E-state index contributed by atoms with van der Waals surface area (Å²) in [6, 6.07) is -1.14. The summed E-state index contributed by atoms with van der Waals surface area (Å²) < 4.78 is 11.4. The number of aliphatic hydroxyl groups excluding tert-OH is 2. The highest BCUT2D eigenvalue weighted by Gasteiger charge is 2.53. The molecule has 2 aliphatic heterocycles. The molecule has 0 saturated carbocycles. The smallest absolute Gasteiger partial charge is 0.320 e. The summed E-state index contributed by atoms with van der Waals surface area (Å²) in [6.07, 6.45) is 0.532. The fourth-order valence-corrected chi connectivity index (χ4v) is 2.94. The van der Waals surface area contributed by atoms with Crippen molar-refractivity contribution in [3.63, 3.8) is 0 Å². The predicted octanol–water partition coefficient (Wildman–Crippen LogP) is -1.15. The number of ether oxygens (including phenoxy) is 2. The highest BCUT2D eigenvalue weighted by atomic mass is 16.6. The number of rotatable bonds is 5. The van der Waals surface area contributed by atoms with Crippen molar-refractivity contribution in [2.24, 2.45) is 5.73 Å². The molecular formula is C12H21NO6. The number of aliphatic carboxylic acids is 1. The van der Waals surface area contributed by atoms with Gasteiger partial charge in [0.05, 0.1) is 18.8 Å². The standard InChI is InChI=1S/C12H21NO6/c13-7(11(16)17)4-12(10(15)6-14)5-9-8(19-12)2-1-3-18-9/h7-10,14-15H,1-6,13H2,(H,16,17)/t7-,8+,9+,10-,12+/m0/s1. The van der Waals surface area contributed by atoms with Crippen LogP contribution in [-0.2, 0) is 14.3 Å². The van der Waals surface area contributed by atoms with Crippen LogP contribution in [0.2, 0.25) is 0 Å². The van der Waals surface area contributed by atoms with Crippen LogP contribution in [0.15, 0.2) is 0 Å². The molecule has 0 aromatic carbocycles. The summed E-state index contributed by atoms with van der Waals surface area (Å²) >= 11 is 0. The van der Waals surface area contributed by atoms with Crippen LogP contribution in [0.4, 0.5) is 0 Å². The van der Waals surface area contributed by atoms with Crippen molar-refractivity contribution in [3.8, 4) is 0 Å². The number of fused-ring (bicyclic) bond motifs is 1.